The molecule has 2 aliphatic heterocycles. The van der Waals surface area contributed by atoms with Crippen molar-refractivity contribution >= 4 is 0 Å². The minimum atomic E-state index is -0.805. The average molecular weight is 436 g/mol. The van der Waals surface area contributed by atoms with Crippen LogP contribution < -0.4 is 4.74 Å². The summed E-state index contributed by atoms with van der Waals surface area (Å²) >= 11 is 0. The van der Waals surface area contributed by atoms with Crippen molar-refractivity contribution in [3.8, 4) is 11.5 Å². The fourth-order valence-corrected chi connectivity index (χ4v) is 7.61. The van der Waals surface area contributed by atoms with Gasteiger partial charge in [-0.2, -0.15) is 0 Å². The molecule has 1 saturated carbocycles. The lowest BCUT2D eigenvalue weighted by molar-refractivity contribution is -0.258. The standard InChI is InChI=1S/C27H33NO4/c1-25-22(30)12-13-27(31-16-6-9-18-7-4-3-5-8-18)21-17-19-10-11-20(29)24(32-25)23(19)26(25,27)14-15-28(21)2/h3-5,7-8,10-11,21-22,29-30H,6,9,12-17H2,1-2H3/t21-,22+,25+,26+,27-/m1/s1. The van der Waals surface area contributed by atoms with Gasteiger partial charge in [0.1, 0.15) is 5.60 Å². The van der Waals surface area contributed by atoms with Crippen LogP contribution >= 0.6 is 0 Å². The molecule has 170 valence electrons. The van der Waals surface area contributed by atoms with Gasteiger partial charge in [0.2, 0.25) is 0 Å². The van der Waals surface area contributed by atoms with Crippen molar-refractivity contribution in [1.29, 1.82) is 0 Å². The van der Waals surface area contributed by atoms with Crippen molar-refractivity contribution in [2.75, 3.05) is 20.2 Å². The SMILES string of the molecule is CN1CC[C@]23c4c5ccc(O)c4O[C@@]2(C)[C@@H](O)CC[C@@]3(OCCCc2ccccc2)[C@H]1C5. The number of aliphatic hydroxyl groups is 1. The van der Waals surface area contributed by atoms with E-state index in [1.54, 1.807) is 6.07 Å². The molecule has 2 heterocycles. The van der Waals surface area contributed by atoms with Crippen molar-refractivity contribution < 1.29 is 19.7 Å². The van der Waals surface area contributed by atoms with Gasteiger partial charge in [-0.25, -0.2) is 0 Å². The predicted molar refractivity (Wildman–Crippen MR) is 122 cm³/mol. The molecule has 0 unspecified atom stereocenters. The lowest BCUT2D eigenvalue weighted by Gasteiger charge is -2.67. The van der Waals surface area contributed by atoms with Crippen LogP contribution in [0.5, 0.6) is 11.5 Å². The number of phenolic OH excluding ortho intramolecular Hbond substituents is 1. The second-order valence-electron chi connectivity index (χ2n) is 10.4. The van der Waals surface area contributed by atoms with E-state index in [1.807, 2.05) is 0 Å². The van der Waals surface area contributed by atoms with E-state index in [0.717, 1.165) is 44.2 Å². The number of aromatic hydroxyl groups is 1. The molecule has 5 nitrogen and oxygen atoms in total. The Kier molecular flexibility index (Phi) is 4.46. The quantitative estimate of drug-likeness (QED) is 0.703. The number of piperidine rings is 1. The molecule has 1 spiro atoms. The largest absolute Gasteiger partial charge is 0.504 e. The van der Waals surface area contributed by atoms with E-state index in [-0.39, 0.29) is 11.8 Å². The third-order valence-electron chi connectivity index (χ3n) is 9.09. The average Bonchev–Trinajstić information content (AvgIpc) is 3.08. The van der Waals surface area contributed by atoms with Crippen LogP contribution in [0.2, 0.25) is 0 Å². The fourth-order valence-electron chi connectivity index (χ4n) is 7.61. The predicted octanol–water partition coefficient (Wildman–Crippen LogP) is 3.58. The van der Waals surface area contributed by atoms with Crippen molar-refractivity contribution in [1.82, 2.24) is 4.90 Å². The Hall–Kier alpha value is -2.08. The zero-order valence-electron chi connectivity index (χ0n) is 19.0. The highest BCUT2D eigenvalue weighted by molar-refractivity contribution is 5.64. The number of hydrogen-bond donors (Lipinski definition) is 2. The van der Waals surface area contributed by atoms with E-state index < -0.39 is 22.7 Å². The van der Waals surface area contributed by atoms with E-state index >= 15 is 0 Å². The first-order valence-electron chi connectivity index (χ1n) is 12.0. The van der Waals surface area contributed by atoms with E-state index in [1.165, 1.54) is 11.1 Å². The molecule has 1 saturated heterocycles. The van der Waals surface area contributed by atoms with E-state index in [2.05, 4.69) is 55.3 Å². The summed E-state index contributed by atoms with van der Waals surface area (Å²) < 4.78 is 13.6. The molecular weight excluding hydrogens is 402 g/mol. The van der Waals surface area contributed by atoms with Crippen LogP contribution in [0.4, 0.5) is 0 Å². The number of ether oxygens (including phenoxy) is 2. The van der Waals surface area contributed by atoms with Crippen LogP contribution in [0, 0.1) is 0 Å². The normalized spacial score (nSPS) is 37.1. The molecule has 0 aromatic heterocycles. The van der Waals surface area contributed by atoms with Gasteiger partial charge in [-0.15, -0.1) is 0 Å². The minimum absolute atomic E-state index is 0.177. The molecule has 5 heteroatoms. The lowest BCUT2D eigenvalue weighted by Crippen LogP contribution is -2.81. The first-order chi connectivity index (χ1) is 15.4. The first kappa shape index (κ1) is 20.5. The van der Waals surface area contributed by atoms with Gasteiger partial charge in [-0.3, -0.25) is 0 Å². The Morgan fingerprint density at radius 3 is 2.78 bits per heavy atom. The first-order valence-corrected chi connectivity index (χ1v) is 12.0. The smallest absolute Gasteiger partial charge is 0.166 e. The molecule has 2 aromatic carbocycles. The maximum atomic E-state index is 11.3. The maximum absolute atomic E-state index is 11.3. The van der Waals surface area contributed by atoms with E-state index in [0.29, 0.717) is 18.8 Å². The Bertz CT molecular complexity index is 1040. The van der Waals surface area contributed by atoms with E-state index in [4.69, 9.17) is 9.47 Å². The molecule has 4 aliphatic rings. The monoisotopic (exact) mass is 435 g/mol. The second-order valence-corrected chi connectivity index (χ2v) is 10.4. The van der Waals surface area contributed by atoms with Crippen molar-refractivity contribution in [2.24, 2.45) is 0 Å². The minimum Gasteiger partial charge on any atom is -0.504 e. The highest BCUT2D eigenvalue weighted by atomic mass is 16.5. The van der Waals surface area contributed by atoms with Crippen molar-refractivity contribution in [2.45, 2.75) is 74.2 Å². The number of aryl methyl sites for hydroxylation is 1. The Balaban J connectivity index is 1.42. The van der Waals surface area contributed by atoms with Crippen LogP contribution in [0.3, 0.4) is 0 Å². The molecule has 2 aliphatic carbocycles. The number of aliphatic hydroxyl groups excluding tert-OH is 1. The summed E-state index contributed by atoms with van der Waals surface area (Å²) in [5.41, 5.74) is 1.97. The summed E-state index contributed by atoms with van der Waals surface area (Å²) in [6.07, 6.45) is 4.55. The molecule has 0 amide bonds. The zero-order chi connectivity index (χ0) is 22.1. The molecule has 2 N–H and O–H groups in total. The van der Waals surface area contributed by atoms with Crippen LogP contribution in [0.25, 0.3) is 0 Å². The summed E-state index contributed by atoms with van der Waals surface area (Å²) in [5, 5.41) is 22.0. The Morgan fingerprint density at radius 2 is 1.97 bits per heavy atom. The molecule has 2 bridgehead atoms. The van der Waals surface area contributed by atoms with Crippen molar-refractivity contribution in [3.63, 3.8) is 0 Å². The second kappa shape index (κ2) is 6.96. The number of nitrogens with zero attached hydrogens (tertiary/aromatic N) is 1. The lowest BCUT2D eigenvalue weighted by atomic mass is 9.44. The number of hydrogen-bond acceptors (Lipinski definition) is 5. The highest BCUT2D eigenvalue weighted by Crippen LogP contribution is 2.70. The third-order valence-corrected chi connectivity index (χ3v) is 9.09. The van der Waals surface area contributed by atoms with E-state index in [9.17, 15) is 10.2 Å². The van der Waals surface area contributed by atoms with Crippen LogP contribution in [0.1, 0.15) is 49.3 Å². The fraction of sp³-hybridized carbons (Fsp3) is 0.556. The summed E-state index contributed by atoms with van der Waals surface area (Å²) in [5.74, 6) is 0.752. The molecule has 0 radical (unpaired) electrons. The van der Waals surface area contributed by atoms with Gasteiger partial charge in [0.25, 0.3) is 0 Å². The Morgan fingerprint density at radius 1 is 1.16 bits per heavy atom. The highest BCUT2D eigenvalue weighted by Gasteiger charge is 2.78. The molecule has 5 atom stereocenters. The molecule has 2 aromatic rings. The van der Waals surface area contributed by atoms with Gasteiger partial charge >= 0.3 is 0 Å². The summed E-state index contributed by atoms with van der Waals surface area (Å²) in [6.45, 7) is 3.66. The van der Waals surface area contributed by atoms with Crippen molar-refractivity contribution in [3.05, 3.63) is 59.2 Å². The van der Waals surface area contributed by atoms with Gasteiger partial charge in [0.15, 0.2) is 11.5 Å². The number of phenols is 1. The molecule has 6 rings (SSSR count). The van der Waals surface area contributed by atoms with Gasteiger partial charge in [0.05, 0.1) is 17.1 Å². The zero-order valence-corrected chi connectivity index (χ0v) is 19.0. The van der Waals surface area contributed by atoms with Crippen LogP contribution in [-0.2, 0) is 23.0 Å². The molecule has 32 heavy (non-hydrogen) atoms. The number of likely N-dealkylation sites (tertiary alicyclic amines) is 1. The summed E-state index contributed by atoms with van der Waals surface area (Å²) in [6, 6.07) is 14.6. The maximum Gasteiger partial charge on any atom is 0.166 e. The molecule has 2 fully saturated rings. The van der Waals surface area contributed by atoms with Crippen LogP contribution in [0.15, 0.2) is 42.5 Å². The topological polar surface area (TPSA) is 62.2 Å². The number of benzene rings is 2. The third kappa shape index (κ3) is 2.39. The number of likely N-dealkylation sites (N-methyl/N-ethyl adjacent to an activating group) is 1. The van der Waals surface area contributed by atoms with Gasteiger partial charge in [-0.05, 0) is 76.2 Å². The van der Waals surface area contributed by atoms with Crippen LogP contribution in [-0.4, -0.2) is 58.7 Å². The van der Waals surface area contributed by atoms with Gasteiger partial charge in [0, 0.05) is 18.2 Å². The van der Waals surface area contributed by atoms with Gasteiger partial charge in [-0.1, -0.05) is 36.4 Å². The van der Waals surface area contributed by atoms with Gasteiger partial charge < -0.3 is 24.6 Å². The Labute approximate surface area is 190 Å². The molecular formula is C27H33NO4. The summed E-state index contributed by atoms with van der Waals surface area (Å²) in [7, 11) is 2.21. The number of rotatable bonds is 5. The summed E-state index contributed by atoms with van der Waals surface area (Å²) in [4.78, 5) is 2.45.